The first-order valence-electron chi connectivity index (χ1n) is 9.13. The zero-order valence-electron chi connectivity index (χ0n) is 15.3. The number of nitrogens with zero attached hydrogens (tertiary/aromatic N) is 1. The molecule has 1 aliphatic rings. The van der Waals surface area contributed by atoms with E-state index in [4.69, 9.17) is 4.74 Å². The maximum absolute atomic E-state index is 12.5. The fourth-order valence-corrected chi connectivity index (χ4v) is 4.06. The SMILES string of the molecule is COc1ccc(CC(=O)NC2CCc3c(c4ccccc4n3C)C2)cc1. The molecule has 1 heterocycles. The van der Waals surface area contributed by atoms with E-state index in [2.05, 4.69) is 41.2 Å². The summed E-state index contributed by atoms with van der Waals surface area (Å²) in [5, 5.41) is 4.55. The predicted octanol–water partition coefficient (Wildman–Crippen LogP) is 3.40. The molecule has 1 amide bonds. The summed E-state index contributed by atoms with van der Waals surface area (Å²) in [6.45, 7) is 0. The van der Waals surface area contributed by atoms with E-state index in [1.165, 1.54) is 22.2 Å². The zero-order valence-corrected chi connectivity index (χ0v) is 15.3. The van der Waals surface area contributed by atoms with Crippen LogP contribution in [0.25, 0.3) is 10.9 Å². The van der Waals surface area contributed by atoms with Gasteiger partial charge in [-0.3, -0.25) is 4.79 Å². The van der Waals surface area contributed by atoms with Crippen molar-refractivity contribution in [3.8, 4) is 5.75 Å². The van der Waals surface area contributed by atoms with Crippen LogP contribution in [0, 0.1) is 0 Å². The molecular weight excluding hydrogens is 324 g/mol. The molecule has 0 radical (unpaired) electrons. The highest BCUT2D eigenvalue weighted by molar-refractivity contribution is 5.86. The van der Waals surface area contributed by atoms with Crippen molar-refractivity contribution in [2.45, 2.75) is 31.7 Å². The van der Waals surface area contributed by atoms with Gasteiger partial charge in [0.05, 0.1) is 13.5 Å². The lowest BCUT2D eigenvalue weighted by Crippen LogP contribution is -2.39. The molecule has 0 saturated heterocycles. The van der Waals surface area contributed by atoms with Gasteiger partial charge in [-0.2, -0.15) is 0 Å². The summed E-state index contributed by atoms with van der Waals surface area (Å²) in [6.07, 6.45) is 3.31. The summed E-state index contributed by atoms with van der Waals surface area (Å²) in [4.78, 5) is 12.5. The molecule has 1 atom stereocenters. The van der Waals surface area contributed by atoms with Crippen LogP contribution in [-0.2, 0) is 31.1 Å². The van der Waals surface area contributed by atoms with Crippen molar-refractivity contribution in [3.63, 3.8) is 0 Å². The van der Waals surface area contributed by atoms with E-state index in [1.54, 1.807) is 7.11 Å². The maximum atomic E-state index is 12.5. The van der Waals surface area contributed by atoms with E-state index in [-0.39, 0.29) is 11.9 Å². The quantitative estimate of drug-likeness (QED) is 0.785. The summed E-state index contributed by atoms with van der Waals surface area (Å²) in [7, 11) is 3.79. The molecule has 1 N–H and O–H groups in total. The molecule has 1 unspecified atom stereocenters. The summed E-state index contributed by atoms with van der Waals surface area (Å²) in [6, 6.07) is 16.4. The van der Waals surface area contributed by atoms with Gasteiger partial charge in [0.15, 0.2) is 0 Å². The summed E-state index contributed by atoms with van der Waals surface area (Å²) < 4.78 is 7.47. The normalized spacial score (nSPS) is 16.3. The molecular formula is C22H24N2O2. The van der Waals surface area contributed by atoms with E-state index >= 15 is 0 Å². The van der Waals surface area contributed by atoms with Crippen LogP contribution < -0.4 is 10.1 Å². The molecule has 134 valence electrons. The molecule has 0 fully saturated rings. The van der Waals surface area contributed by atoms with Gasteiger partial charge in [-0.25, -0.2) is 0 Å². The van der Waals surface area contributed by atoms with E-state index in [0.29, 0.717) is 6.42 Å². The molecule has 2 aromatic carbocycles. The zero-order chi connectivity index (χ0) is 18.1. The molecule has 4 nitrogen and oxygen atoms in total. The van der Waals surface area contributed by atoms with Crippen LogP contribution in [0.1, 0.15) is 23.2 Å². The highest BCUT2D eigenvalue weighted by Crippen LogP contribution is 2.31. The Bertz CT molecular complexity index is 941. The van der Waals surface area contributed by atoms with Gasteiger partial charge >= 0.3 is 0 Å². The Labute approximate surface area is 153 Å². The Morgan fingerprint density at radius 3 is 2.73 bits per heavy atom. The number of benzene rings is 2. The van der Waals surface area contributed by atoms with Crippen molar-refractivity contribution in [1.82, 2.24) is 9.88 Å². The van der Waals surface area contributed by atoms with Gasteiger partial charge in [-0.1, -0.05) is 30.3 Å². The van der Waals surface area contributed by atoms with Crippen molar-refractivity contribution in [2.24, 2.45) is 7.05 Å². The van der Waals surface area contributed by atoms with E-state index in [9.17, 15) is 4.79 Å². The van der Waals surface area contributed by atoms with Crippen LogP contribution in [0.3, 0.4) is 0 Å². The third-order valence-corrected chi connectivity index (χ3v) is 5.41. The first-order valence-corrected chi connectivity index (χ1v) is 9.13. The fraction of sp³-hybridized carbons (Fsp3) is 0.318. The number of hydrogen-bond donors (Lipinski definition) is 1. The van der Waals surface area contributed by atoms with Crippen LogP contribution in [0.4, 0.5) is 0 Å². The Morgan fingerprint density at radius 1 is 1.19 bits per heavy atom. The lowest BCUT2D eigenvalue weighted by atomic mass is 9.91. The number of para-hydroxylation sites is 1. The Kier molecular flexibility index (Phi) is 4.41. The molecule has 4 heteroatoms. The fourth-order valence-electron chi connectivity index (χ4n) is 4.06. The van der Waals surface area contributed by atoms with Gasteiger partial charge in [0.2, 0.25) is 5.91 Å². The molecule has 4 rings (SSSR count). The smallest absolute Gasteiger partial charge is 0.224 e. The summed E-state index contributed by atoms with van der Waals surface area (Å²) >= 11 is 0. The van der Waals surface area contributed by atoms with Crippen molar-refractivity contribution < 1.29 is 9.53 Å². The highest BCUT2D eigenvalue weighted by atomic mass is 16.5. The van der Waals surface area contributed by atoms with Crippen LogP contribution in [0.15, 0.2) is 48.5 Å². The van der Waals surface area contributed by atoms with Gasteiger partial charge in [0.1, 0.15) is 5.75 Å². The summed E-state index contributed by atoms with van der Waals surface area (Å²) in [5.74, 6) is 0.897. The van der Waals surface area contributed by atoms with Gasteiger partial charge in [-0.05, 0) is 48.6 Å². The van der Waals surface area contributed by atoms with Crippen LogP contribution in [-0.4, -0.2) is 23.6 Å². The predicted molar refractivity (Wildman–Crippen MR) is 104 cm³/mol. The Balaban J connectivity index is 1.45. The van der Waals surface area contributed by atoms with Gasteiger partial charge in [0, 0.05) is 29.7 Å². The number of ether oxygens (including phenoxy) is 1. The second kappa shape index (κ2) is 6.87. The van der Waals surface area contributed by atoms with Crippen LogP contribution in [0.5, 0.6) is 5.75 Å². The number of amides is 1. The van der Waals surface area contributed by atoms with Crippen molar-refractivity contribution in [1.29, 1.82) is 0 Å². The minimum atomic E-state index is 0.0869. The largest absolute Gasteiger partial charge is 0.497 e. The lowest BCUT2D eigenvalue weighted by molar-refractivity contribution is -0.121. The lowest BCUT2D eigenvalue weighted by Gasteiger charge is -2.24. The van der Waals surface area contributed by atoms with E-state index in [0.717, 1.165) is 30.6 Å². The average molecular weight is 348 g/mol. The molecule has 26 heavy (non-hydrogen) atoms. The Hall–Kier alpha value is -2.75. The molecule has 0 bridgehead atoms. The number of hydrogen-bond acceptors (Lipinski definition) is 2. The monoisotopic (exact) mass is 348 g/mol. The first-order chi connectivity index (χ1) is 12.7. The molecule has 0 saturated carbocycles. The summed E-state index contributed by atoms with van der Waals surface area (Å²) in [5.41, 5.74) is 5.09. The Morgan fingerprint density at radius 2 is 1.96 bits per heavy atom. The van der Waals surface area contributed by atoms with Gasteiger partial charge in [0.25, 0.3) is 0 Å². The van der Waals surface area contributed by atoms with Gasteiger partial charge in [-0.15, -0.1) is 0 Å². The number of nitrogens with one attached hydrogen (secondary N) is 1. The minimum Gasteiger partial charge on any atom is -0.497 e. The second-order valence-electron chi connectivity index (χ2n) is 7.03. The van der Waals surface area contributed by atoms with Crippen LogP contribution in [0.2, 0.25) is 0 Å². The van der Waals surface area contributed by atoms with Gasteiger partial charge < -0.3 is 14.6 Å². The highest BCUT2D eigenvalue weighted by Gasteiger charge is 2.25. The number of rotatable bonds is 4. The van der Waals surface area contributed by atoms with Crippen LogP contribution >= 0.6 is 0 Å². The molecule has 0 spiro atoms. The first kappa shape index (κ1) is 16.7. The number of aryl methyl sites for hydroxylation is 1. The average Bonchev–Trinajstić information content (AvgIpc) is 2.95. The standard InChI is InChI=1S/C22H24N2O2/c1-24-20-6-4-3-5-18(20)19-14-16(9-12-21(19)24)23-22(25)13-15-7-10-17(26-2)11-8-15/h3-8,10-11,16H,9,12-14H2,1-2H3,(H,23,25). The van der Waals surface area contributed by atoms with Crippen molar-refractivity contribution in [3.05, 3.63) is 65.4 Å². The second-order valence-corrected chi connectivity index (χ2v) is 7.03. The number of fused-ring (bicyclic) bond motifs is 3. The van der Waals surface area contributed by atoms with Crippen molar-refractivity contribution in [2.75, 3.05) is 7.11 Å². The number of carbonyl (C=O) groups is 1. The number of aromatic nitrogens is 1. The van der Waals surface area contributed by atoms with Crippen molar-refractivity contribution >= 4 is 16.8 Å². The van der Waals surface area contributed by atoms with E-state index < -0.39 is 0 Å². The maximum Gasteiger partial charge on any atom is 0.224 e. The molecule has 1 aromatic heterocycles. The number of carbonyl (C=O) groups excluding carboxylic acids is 1. The topological polar surface area (TPSA) is 43.3 Å². The molecule has 0 aliphatic heterocycles. The third kappa shape index (κ3) is 3.07. The molecule has 3 aromatic rings. The van der Waals surface area contributed by atoms with E-state index in [1.807, 2.05) is 24.3 Å². The number of methoxy groups -OCH3 is 1. The minimum absolute atomic E-state index is 0.0869. The third-order valence-electron chi connectivity index (χ3n) is 5.41. The molecule has 1 aliphatic carbocycles.